The maximum absolute atomic E-state index is 13.0. The summed E-state index contributed by atoms with van der Waals surface area (Å²) in [7, 11) is -3.65. The largest absolute Gasteiger partial charge is 0.491 e. The molecule has 0 amide bonds. The highest BCUT2D eigenvalue weighted by Crippen LogP contribution is 2.23. The van der Waals surface area contributed by atoms with E-state index in [4.69, 9.17) is 9.84 Å². The molecule has 2 N–H and O–H groups in total. The highest BCUT2D eigenvalue weighted by molar-refractivity contribution is 7.89. The first-order valence-electron chi connectivity index (χ1n) is 10.5. The Kier molecular flexibility index (Phi) is 6.82. The third kappa shape index (κ3) is 5.40. The van der Waals surface area contributed by atoms with E-state index >= 15 is 0 Å². The number of aliphatic hydroxyl groups is 1. The maximum Gasteiger partial charge on any atom is 0.242 e. The van der Waals surface area contributed by atoms with Crippen LogP contribution in [-0.4, -0.2) is 55.8 Å². The van der Waals surface area contributed by atoms with Gasteiger partial charge in [-0.15, -0.1) is 0 Å². The van der Waals surface area contributed by atoms with Crippen molar-refractivity contribution in [1.82, 2.24) is 14.6 Å². The third-order valence-corrected chi connectivity index (χ3v) is 7.01. The summed E-state index contributed by atoms with van der Waals surface area (Å²) < 4.78 is 34.4. The maximum atomic E-state index is 13.0. The quantitative estimate of drug-likeness (QED) is 0.558. The lowest BCUT2D eigenvalue weighted by Crippen LogP contribution is -2.44. The van der Waals surface area contributed by atoms with Gasteiger partial charge in [0.2, 0.25) is 10.0 Å². The van der Waals surface area contributed by atoms with E-state index in [1.165, 1.54) is 0 Å². The number of nitrogens with one attached hydrogen (secondary N) is 1. The van der Waals surface area contributed by atoms with Crippen LogP contribution in [0.1, 0.15) is 18.4 Å². The number of para-hydroxylation sites is 1. The number of hydrogen-bond acceptors (Lipinski definition) is 6. The summed E-state index contributed by atoms with van der Waals surface area (Å²) in [6.45, 7) is 2.66. The number of hydrogen-bond donors (Lipinski definition) is 2. The number of sulfonamides is 1. The molecule has 0 aliphatic carbocycles. The Morgan fingerprint density at radius 1 is 1.10 bits per heavy atom. The van der Waals surface area contributed by atoms with Gasteiger partial charge in [-0.3, -0.25) is 9.88 Å². The first-order chi connectivity index (χ1) is 15.0. The van der Waals surface area contributed by atoms with E-state index in [2.05, 4.69) is 14.6 Å². The molecule has 1 aliphatic heterocycles. The van der Waals surface area contributed by atoms with Gasteiger partial charge in [-0.25, -0.2) is 13.1 Å². The number of benzene rings is 2. The molecule has 0 bridgehead atoms. The van der Waals surface area contributed by atoms with Crippen molar-refractivity contribution in [2.24, 2.45) is 0 Å². The Bertz CT molecular complexity index is 1120. The first kappa shape index (κ1) is 21.7. The summed E-state index contributed by atoms with van der Waals surface area (Å²) in [5, 5.41) is 9.71. The molecule has 1 aromatic heterocycles. The topological polar surface area (TPSA) is 91.8 Å². The molecule has 1 fully saturated rings. The van der Waals surface area contributed by atoms with Crippen LogP contribution in [0.3, 0.4) is 0 Å². The van der Waals surface area contributed by atoms with Gasteiger partial charge in [0.1, 0.15) is 17.3 Å². The Hall–Kier alpha value is -2.52. The highest BCUT2D eigenvalue weighted by atomic mass is 32.2. The Labute approximate surface area is 182 Å². The molecule has 3 aromatic rings. The van der Waals surface area contributed by atoms with Crippen LogP contribution in [0.15, 0.2) is 65.7 Å². The highest BCUT2D eigenvalue weighted by Gasteiger charge is 2.26. The molecule has 2 aromatic carbocycles. The zero-order chi connectivity index (χ0) is 21.7. The van der Waals surface area contributed by atoms with Crippen molar-refractivity contribution in [3.63, 3.8) is 0 Å². The van der Waals surface area contributed by atoms with Crippen LogP contribution < -0.4 is 9.46 Å². The molecular formula is C23H27N3O4S. The van der Waals surface area contributed by atoms with Gasteiger partial charge in [0, 0.05) is 37.3 Å². The van der Waals surface area contributed by atoms with Crippen molar-refractivity contribution in [2.75, 3.05) is 26.3 Å². The van der Waals surface area contributed by atoms with Crippen LogP contribution in [0.25, 0.3) is 10.9 Å². The second kappa shape index (κ2) is 9.74. The van der Waals surface area contributed by atoms with Crippen LogP contribution in [0.2, 0.25) is 0 Å². The van der Waals surface area contributed by atoms with Gasteiger partial charge in [0.15, 0.2) is 0 Å². The number of aromatic nitrogens is 1. The first-order valence-corrected chi connectivity index (χ1v) is 11.9. The van der Waals surface area contributed by atoms with E-state index in [-0.39, 0.29) is 24.2 Å². The van der Waals surface area contributed by atoms with E-state index < -0.39 is 10.0 Å². The summed E-state index contributed by atoms with van der Waals surface area (Å²) in [5.41, 5.74) is 1.63. The number of pyridine rings is 1. The van der Waals surface area contributed by atoms with Gasteiger partial charge in [0.25, 0.3) is 0 Å². The molecule has 1 aliphatic rings. The lowest BCUT2D eigenvalue weighted by atomic mass is 10.1. The van der Waals surface area contributed by atoms with Crippen LogP contribution in [0, 0.1) is 0 Å². The minimum absolute atomic E-state index is 0.0114. The van der Waals surface area contributed by atoms with Crippen molar-refractivity contribution in [2.45, 2.75) is 30.3 Å². The van der Waals surface area contributed by atoms with Gasteiger partial charge in [-0.05, 0) is 42.7 Å². The average Bonchev–Trinajstić information content (AvgIpc) is 2.79. The molecule has 1 saturated heterocycles. The van der Waals surface area contributed by atoms with Gasteiger partial charge >= 0.3 is 0 Å². The fraction of sp³-hybridized carbons (Fsp3) is 0.348. The van der Waals surface area contributed by atoms with Crippen LogP contribution in [0.4, 0.5) is 0 Å². The molecule has 4 rings (SSSR count). The summed E-state index contributed by atoms with van der Waals surface area (Å²) in [6.07, 6.45) is 3.11. The van der Waals surface area contributed by atoms with Gasteiger partial charge in [-0.2, -0.15) is 0 Å². The van der Waals surface area contributed by atoms with E-state index in [0.717, 1.165) is 49.2 Å². The summed E-state index contributed by atoms with van der Waals surface area (Å²) in [6, 6.07) is 16.6. The molecule has 7 nitrogen and oxygen atoms in total. The van der Waals surface area contributed by atoms with Crippen molar-refractivity contribution in [3.05, 3.63) is 66.4 Å². The second-order valence-corrected chi connectivity index (χ2v) is 9.40. The number of piperidine rings is 1. The van der Waals surface area contributed by atoms with E-state index in [9.17, 15) is 8.42 Å². The standard InChI is InChI=1S/C23H27N3O4S/c27-14-15-30-21-7-1-4-18(16-21)17-26-12-9-20(10-13-26)25-31(28,29)22-8-2-5-19-6-3-11-24-23(19)22/h1-8,11,16,20,25,27H,9-10,12-15,17H2. The fourth-order valence-corrected chi connectivity index (χ4v) is 5.42. The van der Waals surface area contributed by atoms with E-state index in [1.54, 1.807) is 24.4 Å². The minimum atomic E-state index is -3.65. The van der Waals surface area contributed by atoms with Crippen molar-refractivity contribution < 1.29 is 18.3 Å². The SMILES string of the molecule is O=S(=O)(NC1CCN(Cc2cccc(OCCO)c2)CC1)c1cccc2cccnc12. The van der Waals surface area contributed by atoms with Gasteiger partial charge in [-0.1, -0.05) is 30.3 Å². The molecule has 0 unspecified atom stereocenters. The van der Waals surface area contributed by atoms with Crippen LogP contribution in [0.5, 0.6) is 5.75 Å². The van der Waals surface area contributed by atoms with Crippen LogP contribution >= 0.6 is 0 Å². The summed E-state index contributed by atoms with van der Waals surface area (Å²) >= 11 is 0. The second-order valence-electron chi connectivity index (χ2n) is 7.72. The molecule has 164 valence electrons. The minimum Gasteiger partial charge on any atom is -0.491 e. The predicted octanol–water partition coefficient (Wildman–Crippen LogP) is 2.55. The smallest absolute Gasteiger partial charge is 0.242 e. The lowest BCUT2D eigenvalue weighted by molar-refractivity contribution is 0.196. The number of ether oxygens (including phenoxy) is 1. The molecular weight excluding hydrogens is 414 g/mol. The Balaban J connectivity index is 1.36. The number of rotatable bonds is 8. The normalized spacial score (nSPS) is 15.9. The molecule has 0 radical (unpaired) electrons. The fourth-order valence-electron chi connectivity index (χ4n) is 3.94. The number of likely N-dealkylation sites (tertiary alicyclic amines) is 1. The molecule has 0 atom stereocenters. The van der Waals surface area contributed by atoms with Crippen molar-refractivity contribution >= 4 is 20.9 Å². The zero-order valence-electron chi connectivity index (χ0n) is 17.3. The van der Waals surface area contributed by atoms with Gasteiger partial charge in [0.05, 0.1) is 12.1 Å². The molecule has 8 heteroatoms. The monoisotopic (exact) mass is 441 g/mol. The molecule has 0 spiro atoms. The van der Waals surface area contributed by atoms with Gasteiger partial charge < -0.3 is 9.84 Å². The summed E-state index contributed by atoms with van der Waals surface area (Å²) in [5.74, 6) is 0.748. The van der Waals surface area contributed by atoms with Crippen molar-refractivity contribution in [3.8, 4) is 5.75 Å². The lowest BCUT2D eigenvalue weighted by Gasteiger charge is -2.32. The molecule has 0 saturated carbocycles. The Morgan fingerprint density at radius 3 is 2.68 bits per heavy atom. The number of fused-ring (bicyclic) bond motifs is 1. The number of aliphatic hydroxyl groups excluding tert-OH is 1. The van der Waals surface area contributed by atoms with E-state index in [0.29, 0.717) is 5.52 Å². The molecule has 2 heterocycles. The van der Waals surface area contributed by atoms with E-state index in [1.807, 2.05) is 36.4 Å². The van der Waals surface area contributed by atoms with Crippen LogP contribution in [-0.2, 0) is 16.6 Å². The Morgan fingerprint density at radius 2 is 1.87 bits per heavy atom. The predicted molar refractivity (Wildman–Crippen MR) is 119 cm³/mol. The van der Waals surface area contributed by atoms with Crippen molar-refractivity contribution in [1.29, 1.82) is 0 Å². The summed E-state index contributed by atoms with van der Waals surface area (Å²) in [4.78, 5) is 6.82. The number of nitrogens with zero attached hydrogens (tertiary/aromatic N) is 2. The zero-order valence-corrected chi connectivity index (χ0v) is 18.1. The average molecular weight is 442 g/mol. The third-order valence-electron chi connectivity index (χ3n) is 5.46. The molecule has 31 heavy (non-hydrogen) atoms.